The molecule has 2 fully saturated rings. The summed E-state index contributed by atoms with van der Waals surface area (Å²) in [4.78, 5) is 5.05. The number of rotatable bonds is 5. The van der Waals surface area contributed by atoms with Gasteiger partial charge in [-0.1, -0.05) is 25.7 Å². The molecule has 2 rings (SSSR count). The fraction of sp³-hybridized carbons (Fsp3) is 1.00. The molecule has 1 heterocycles. The predicted octanol–water partition coefficient (Wildman–Crippen LogP) is 2.08. The van der Waals surface area contributed by atoms with Crippen LogP contribution in [0.5, 0.6) is 0 Å². The third kappa shape index (κ3) is 4.41. The molecule has 0 aromatic rings. The normalized spacial score (nSPS) is 28.0. The van der Waals surface area contributed by atoms with Crippen molar-refractivity contribution in [2.75, 3.05) is 39.8 Å². The summed E-state index contributed by atoms with van der Waals surface area (Å²) in [6.45, 7) is 9.34. The molecule has 0 aromatic carbocycles. The van der Waals surface area contributed by atoms with E-state index in [1.165, 1.54) is 38.5 Å². The Kier molecular flexibility index (Phi) is 6.48. The lowest BCUT2D eigenvalue weighted by molar-refractivity contribution is -0.0633. The van der Waals surface area contributed by atoms with Gasteiger partial charge in [0, 0.05) is 37.8 Å². The second kappa shape index (κ2) is 7.91. The number of nitrogens with two attached hydrogens (primary N) is 1. The largest absolute Gasteiger partial charge is 0.374 e. The van der Waals surface area contributed by atoms with Gasteiger partial charge >= 0.3 is 0 Å². The summed E-state index contributed by atoms with van der Waals surface area (Å²) in [5.41, 5.74) is 6.40. The molecule has 1 saturated heterocycles. The lowest BCUT2D eigenvalue weighted by atomic mass is 9.88. The Morgan fingerprint density at radius 2 is 1.90 bits per heavy atom. The van der Waals surface area contributed by atoms with Gasteiger partial charge < -0.3 is 10.5 Å². The van der Waals surface area contributed by atoms with E-state index in [0.29, 0.717) is 12.1 Å². The molecular formula is C17H35N3O. The van der Waals surface area contributed by atoms with Crippen LogP contribution in [0.4, 0.5) is 0 Å². The number of hydrogen-bond donors (Lipinski definition) is 1. The zero-order valence-electron chi connectivity index (χ0n) is 14.3. The van der Waals surface area contributed by atoms with E-state index in [1.807, 2.05) is 0 Å². The Balaban J connectivity index is 1.93. The van der Waals surface area contributed by atoms with Crippen molar-refractivity contribution >= 4 is 0 Å². The van der Waals surface area contributed by atoms with E-state index >= 15 is 0 Å². The Morgan fingerprint density at radius 3 is 2.48 bits per heavy atom. The van der Waals surface area contributed by atoms with Gasteiger partial charge in [0.1, 0.15) is 0 Å². The van der Waals surface area contributed by atoms with Crippen molar-refractivity contribution < 1.29 is 4.74 Å². The molecular weight excluding hydrogens is 262 g/mol. The molecule has 21 heavy (non-hydrogen) atoms. The molecule has 1 unspecified atom stereocenters. The summed E-state index contributed by atoms with van der Waals surface area (Å²) in [6.07, 6.45) is 8.23. The van der Waals surface area contributed by atoms with Crippen LogP contribution in [0.15, 0.2) is 0 Å². The first-order valence-corrected chi connectivity index (χ1v) is 8.84. The first-order valence-electron chi connectivity index (χ1n) is 8.84. The van der Waals surface area contributed by atoms with Crippen molar-refractivity contribution in [2.45, 2.75) is 70.1 Å². The maximum atomic E-state index is 6.20. The smallest absolute Gasteiger partial charge is 0.0829 e. The van der Waals surface area contributed by atoms with Crippen molar-refractivity contribution in [1.82, 2.24) is 9.80 Å². The second-order valence-electron chi connectivity index (χ2n) is 7.30. The quantitative estimate of drug-likeness (QED) is 0.789. The monoisotopic (exact) mass is 297 g/mol. The van der Waals surface area contributed by atoms with Crippen LogP contribution in [0.3, 0.4) is 0 Å². The third-order valence-corrected chi connectivity index (χ3v) is 5.60. The van der Waals surface area contributed by atoms with E-state index in [1.54, 1.807) is 0 Å². The molecule has 124 valence electrons. The van der Waals surface area contributed by atoms with Crippen LogP contribution in [-0.4, -0.2) is 67.3 Å². The van der Waals surface area contributed by atoms with Crippen molar-refractivity contribution in [3.8, 4) is 0 Å². The highest BCUT2D eigenvalue weighted by molar-refractivity contribution is 4.93. The molecule has 0 radical (unpaired) electrons. The SMILES string of the molecule is CC(C)N1CCOC(CN(C)C2(CN)CCCCCC2)C1. The Hall–Kier alpha value is -0.160. The van der Waals surface area contributed by atoms with Crippen molar-refractivity contribution in [2.24, 2.45) is 5.73 Å². The number of hydrogen-bond acceptors (Lipinski definition) is 4. The minimum atomic E-state index is 0.208. The molecule has 0 bridgehead atoms. The first kappa shape index (κ1) is 17.2. The zero-order valence-corrected chi connectivity index (χ0v) is 14.3. The summed E-state index contributed by atoms with van der Waals surface area (Å²) >= 11 is 0. The molecule has 0 spiro atoms. The standard InChI is InChI=1S/C17H35N3O/c1-15(2)20-10-11-21-16(13-20)12-19(3)17(14-18)8-6-4-5-7-9-17/h15-16H,4-14,18H2,1-3H3. The number of ether oxygens (including phenoxy) is 1. The lowest BCUT2D eigenvalue weighted by Gasteiger charge is -2.44. The van der Waals surface area contributed by atoms with Crippen LogP contribution in [0.2, 0.25) is 0 Å². The molecule has 0 aromatic heterocycles. The lowest BCUT2D eigenvalue weighted by Crippen LogP contribution is -2.57. The fourth-order valence-corrected chi connectivity index (χ4v) is 3.95. The van der Waals surface area contributed by atoms with Crippen LogP contribution in [0.1, 0.15) is 52.4 Å². The first-order chi connectivity index (χ1) is 10.1. The summed E-state index contributed by atoms with van der Waals surface area (Å²) in [7, 11) is 2.26. The number of nitrogens with zero attached hydrogens (tertiary/aromatic N) is 2. The van der Waals surface area contributed by atoms with Gasteiger partial charge in [0.25, 0.3) is 0 Å². The van der Waals surface area contributed by atoms with E-state index in [4.69, 9.17) is 10.5 Å². The molecule has 1 aliphatic carbocycles. The van der Waals surface area contributed by atoms with Gasteiger partial charge in [-0.3, -0.25) is 9.80 Å². The van der Waals surface area contributed by atoms with E-state index in [9.17, 15) is 0 Å². The van der Waals surface area contributed by atoms with E-state index in [2.05, 4.69) is 30.7 Å². The number of morpholine rings is 1. The Bertz CT molecular complexity index is 300. The molecule has 2 aliphatic rings. The summed E-state index contributed by atoms with van der Waals surface area (Å²) < 4.78 is 6.02. The van der Waals surface area contributed by atoms with E-state index < -0.39 is 0 Å². The second-order valence-corrected chi connectivity index (χ2v) is 7.30. The minimum absolute atomic E-state index is 0.208. The highest BCUT2D eigenvalue weighted by Gasteiger charge is 2.35. The van der Waals surface area contributed by atoms with Crippen LogP contribution in [0, 0.1) is 0 Å². The fourth-order valence-electron chi connectivity index (χ4n) is 3.95. The van der Waals surface area contributed by atoms with E-state index in [0.717, 1.165) is 32.8 Å². The number of likely N-dealkylation sites (N-methyl/N-ethyl adjacent to an activating group) is 1. The van der Waals surface area contributed by atoms with E-state index in [-0.39, 0.29) is 5.54 Å². The molecule has 1 atom stereocenters. The molecule has 1 aliphatic heterocycles. The summed E-state index contributed by atoms with van der Waals surface area (Å²) in [6, 6.07) is 0.614. The van der Waals surface area contributed by atoms with Crippen molar-refractivity contribution in [3.63, 3.8) is 0 Å². The molecule has 1 saturated carbocycles. The minimum Gasteiger partial charge on any atom is -0.374 e. The van der Waals surface area contributed by atoms with Gasteiger partial charge in [-0.2, -0.15) is 0 Å². The highest BCUT2D eigenvalue weighted by atomic mass is 16.5. The average molecular weight is 297 g/mol. The third-order valence-electron chi connectivity index (χ3n) is 5.60. The average Bonchev–Trinajstić information content (AvgIpc) is 2.74. The van der Waals surface area contributed by atoms with Crippen molar-refractivity contribution in [3.05, 3.63) is 0 Å². The Labute approximate surface area is 131 Å². The van der Waals surface area contributed by atoms with Crippen molar-refractivity contribution in [1.29, 1.82) is 0 Å². The van der Waals surface area contributed by atoms with Gasteiger partial charge in [0.05, 0.1) is 12.7 Å². The molecule has 0 amide bonds. The van der Waals surface area contributed by atoms with Crippen LogP contribution in [-0.2, 0) is 4.74 Å². The molecule has 2 N–H and O–H groups in total. The highest BCUT2D eigenvalue weighted by Crippen LogP contribution is 2.31. The Morgan fingerprint density at radius 1 is 1.24 bits per heavy atom. The molecule has 4 nitrogen and oxygen atoms in total. The predicted molar refractivity (Wildman–Crippen MR) is 88.6 cm³/mol. The van der Waals surface area contributed by atoms with Gasteiger partial charge in [-0.15, -0.1) is 0 Å². The van der Waals surface area contributed by atoms with Gasteiger partial charge in [0.2, 0.25) is 0 Å². The van der Waals surface area contributed by atoms with Gasteiger partial charge in [-0.25, -0.2) is 0 Å². The van der Waals surface area contributed by atoms with Crippen LogP contribution in [0.25, 0.3) is 0 Å². The van der Waals surface area contributed by atoms with Crippen LogP contribution >= 0.6 is 0 Å². The topological polar surface area (TPSA) is 41.7 Å². The van der Waals surface area contributed by atoms with Gasteiger partial charge in [-0.05, 0) is 33.7 Å². The maximum absolute atomic E-state index is 6.20. The summed E-state index contributed by atoms with van der Waals surface area (Å²) in [5, 5.41) is 0. The molecule has 4 heteroatoms. The summed E-state index contributed by atoms with van der Waals surface area (Å²) in [5.74, 6) is 0. The van der Waals surface area contributed by atoms with Gasteiger partial charge in [0.15, 0.2) is 0 Å². The van der Waals surface area contributed by atoms with Crippen LogP contribution < -0.4 is 5.73 Å². The maximum Gasteiger partial charge on any atom is 0.0829 e. The zero-order chi connectivity index (χ0) is 15.3.